The van der Waals surface area contributed by atoms with E-state index in [0.29, 0.717) is 36.0 Å². The van der Waals surface area contributed by atoms with E-state index >= 15 is 0 Å². The van der Waals surface area contributed by atoms with Crippen LogP contribution in [0.15, 0.2) is 21.6 Å². The molecule has 1 aliphatic rings. The smallest absolute Gasteiger partial charge is 0.248 e. The molecule has 4 rings (SSSR count). The molecule has 3 aromatic rings. The molecular weight excluding hydrogens is 356 g/mol. The van der Waals surface area contributed by atoms with Crippen molar-refractivity contribution in [1.82, 2.24) is 24.6 Å². The van der Waals surface area contributed by atoms with Crippen molar-refractivity contribution in [1.29, 1.82) is 0 Å². The molecule has 9 nitrogen and oxygen atoms in total. The predicted octanol–water partition coefficient (Wildman–Crippen LogP) is 1.71. The van der Waals surface area contributed by atoms with Crippen LogP contribution in [0.2, 0.25) is 0 Å². The van der Waals surface area contributed by atoms with Crippen molar-refractivity contribution in [2.24, 2.45) is 0 Å². The van der Waals surface area contributed by atoms with Crippen LogP contribution in [-0.4, -0.2) is 46.2 Å². The minimum Gasteiger partial charge on any atom is -0.384 e. The Morgan fingerprint density at radius 3 is 2.88 bits per heavy atom. The summed E-state index contributed by atoms with van der Waals surface area (Å²) in [6.07, 6.45) is 1.63. The van der Waals surface area contributed by atoms with Gasteiger partial charge in [0.25, 0.3) is 0 Å². The Balaban J connectivity index is 1.64. The van der Waals surface area contributed by atoms with Crippen molar-refractivity contribution >= 4 is 26.9 Å². The number of nitrogens with zero attached hydrogens (tertiary/aromatic N) is 4. The monoisotopic (exact) mass is 376 g/mol. The van der Waals surface area contributed by atoms with Crippen LogP contribution < -0.4 is 5.73 Å². The number of rotatable bonds is 3. The summed E-state index contributed by atoms with van der Waals surface area (Å²) in [5.41, 5.74) is 7.56. The third-order valence-electron chi connectivity index (χ3n) is 4.84. The molecule has 3 aromatic heterocycles. The molecule has 0 bridgehead atoms. The summed E-state index contributed by atoms with van der Waals surface area (Å²) in [7, 11) is -3.65. The fourth-order valence-electron chi connectivity index (χ4n) is 3.53. The van der Waals surface area contributed by atoms with Gasteiger partial charge in [0.1, 0.15) is 16.4 Å². The molecule has 1 saturated heterocycles. The lowest BCUT2D eigenvalue weighted by atomic mass is 9.95. The van der Waals surface area contributed by atoms with Gasteiger partial charge in [0.15, 0.2) is 11.4 Å². The van der Waals surface area contributed by atoms with Crippen LogP contribution >= 0.6 is 0 Å². The largest absolute Gasteiger partial charge is 0.384 e. The van der Waals surface area contributed by atoms with Crippen molar-refractivity contribution < 1.29 is 12.9 Å². The lowest BCUT2D eigenvalue weighted by Gasteiger charge is -2.31. The highest BCUT2D eigenvalue weighted by Crippen LogP contribution is 2.32. The highest BCUT2D eigenvalue weighted by Gasteiger charge is 2.35. The van der Waals surface area contributed by atoms with Gasteiger partial charge in [-0.3, -0.25) is 5.10 Å². The third kappa shape index (κ3) is 2.65. The number of anilines is 1. The summed E-state index contributed by atoms with van der Waals surface area (Å²) in [6, 6.07) is 3.77. The van der Waals surface area contributed by atoms with Crippen LogP contribution in [0, 0.1) is 13.8 Å². The third-order valence-corrected chi connectivity index (χ3v) is 6.95. The van der Waals surface area contributed by atoms with E-state index in [4.69, 9.17) is 10.3 Å². The molecule has 0 saturated carbocycles. The second-order valence-electron chi connectivity index (χ2n) is 6.60. The van der Waals surface area contributed by atoms with Crippen LogP contribution in [0.3, 0.4) is 0 Å². The maximum atomic E-state index is 13.1. The van der Waals surface area contributed by atoms with Gasteiger partial charge < -0.3 is 10.3 Å². The van der Waals surface area contributed by atoms with Gasteiger partial charge in [0, 0.05) is 24.7 Å². The van der Waals surface area contributed by atoms with Crippen LogP contribution in [0.1, 0.15) is 35.9 Å². The number of aryl methyl sites for hydroxylation is 2. The standard InChI is InChI=1S/C16H20N6O3S/c1-9-14(10(2)25-21-9)26(23,24)22-7-3-4-11(8-22)13-6-5-12-15(17)19-20-16(12)18-13/h5-6,11H,3-4,7-8H2,1-2H3,(H3,17,18,19,20). The van der Waals surface area contributed by atoms with E-state index in [1.165, 1.54) is 4.31 Å². The summed E-state index contributed by atoms with van der Waals surface area (Å²) < 4.78 is 32.6. The number of pyridine rings is 1. The predicted molar refractivity (Wildman–Crippen MR) is 95.0 cm³/mol. The van der Waals surface area contributed by atoms with Crippen LogP contribution in [0.4, 0.5) is 5.82 Å². The lowest BCUT2D eigenvalue weighted by molar-refractivity contribution is 0.312. The molecule has 10 heteroatoms. The molecule has 1 aliphatic heterocycles. The molecule has 26 heavy (non-hydrogen) atoms. The SMILES string of the molecule is Cc1noc(C)c1S(=O)(=O)N1CCCC(c2ccc3c(N)[nH]nc3n2)C1. The summed E-state index contributed by atoms with van der Waals surface area (Å²) in [5.74, 6) is 0.794. The first-order chi connectivity index (χ1) is 12.4. The molecule has 138 valence electrons. The van der Waals surface area contributed by atoms with Crippen molar-refractivity contribution in [2.45, 2.75) is 37.5 Å². The van der Waals surface area contributed by atoms with Gasteiger partial charge in [0.05, 0.1) is 5.39 Å². The molecule has 1 fully saturated rings. The first-order valence-electron chi connectivity index (χ1n) is 8.41. The normalized spacial score (nSPS) is 19.2. The molecule has 1 unspecified atom stereocenters. The highest BCUT2D eigenvalue weighted by atomic mass is 32.2. The molecule has 1 atom stereocenters. The van der Waals surface area contributed by atoms with Crippen molar-refractivity contribution in [3.63, 3.8) is 0 Å². The van der Waals surface area contributed by atoms with Crippen molar-refractivity contribution in [2.75, 3.05) is 18.8 Å². The number of aromatic amines is 1. The van der Waals surface area contributed by atoms with Gasteiger partial charge in [0.2, 0.25) is 10.0 Å². The number of aromatic nitrogens is 4. The maximum Gasteiger partial charge on any atom is 0.248 e. The van der Waals surface area contributed by atoms with Crippen molar-refractivity contribution in [3.8, 4) is 0 Å². The van der Waals surface area contributed by atoms with Gasteiger partial charge in [-0.2, -0.15) is 9.40 Å². The molecular formula is C16H20N6O3S. The molecule has 0 aromatic carbocycles. The number of sulfonamides is 1. The zero-order chi connectivity index (χ0) is 18.5. The first-order valence-corrected chi connectivity index (χ1v) is 9.85. The second-order valence-corrected chi connectivity index (χ2v) is 8.47. The van der Waals surface area contributed by atoms with Gasteiger partial charge >= 0.3 is 0 Å². The number of nitrogens with two attached hydrogens (primary N) is 1. The Kier molecular flexibility index (Phi) is 3.96. The minimum atomic E-state index is -3.65. The Hall–Kier alpha value is -2.46. The quantitative estimate of drug-likeness (QED) is 0.711. The number of H-pyrrole nitrogens is 1. The number of fused-ring (bicyclic) bond motifs is 1. The van der Waals surface area contributed by atoms with E-state index in [9.17, 15) is 8.42 Å². The average Bonchev–Trinajstić information content (AvgIpc) is 3.17. The fourth-order valence-corrected chi connectivity index (χ4v) is 5.35. The first kappa shape index (κ1) is 17.0. The van der Waals surface area contributed by atoms with E-state index in [1.54, 1.807) is 13.8 Å². The average molecular weight is 376 g/mol. The van der Waals surface area contributed by atoms with Crippen LogP contribution in [0.25, 0.3) is 11.0 Å². The van der Waals surface area contributed by atoms with Crippen molar-refractivity contribution in [3.05, 3.63) is 29.3 Å². The molecule has 0 aliphatic carbocycles. The zero-order valence-electron chi connectivity index (χ0n) is 14.6. The van der Waals surface area contributed by atoms with Gasteiger partial charge in [-0.1, -0.05) is 5.16 Å². The van der Waals surface area contributed by atoms with E-state index in [2.05, 4.69) is 20.3 Å². The van der Waals surface area contributed by atoms with Crippen LogP contribution in [0.5, 0.6) is 0 Å². The number of nitrogens with one attached hydrogen (secondary N) is 1. The van der Waals surface area contributed by atoms with E-state index in [-0.39, 0.29) is 10.8 Å². The lowest BCUT2D eigenvalue weighted by Crippen LogP contribution is -2.39. The van der Waals surface area contributed by atoms with Gasteiger partial charge in [-0.05, 0) is 38.8 Å². The molecule has 0 spiro atoms. The van der Waals surface area contributed by atoms with E-state index in [1.807, 2.05) is 12.1 Å². The summed E-state index contributed by atoms with van der Waals surface area (Å²) in [6.45, 7) is 4.10. The number of nitrogen functional groups attached to an aromatic ring is 1. The maximum absolute atomic E-state index is 13.1. The van der Waals surface area contributed by atoms with Crippen LogP contribution in [-0.2, 0) is 10.0 Å². The Bertz CT molecular complexity index is 1050. The van der Waals surface area contributed by atoms with E-state index < -0.39 is 10.0 Å². The minimum absolute atomic E-state index is 0.00122. The summed E-state index contributed by atoms with van der Waals surface area (Å²) >= 11 is 0. The molecule has 4 heterocycles. The Morgan fingerprint density at radius 1 is 1.35 bits per heavy atom. The van der Waals surface area contributed by atoms with Gasteiger partial charge in [-0.25, -0.2) is 13.4 Å². The molecule has 0 amide bonds. The second kappa shape index (κ2) is 6.06. The Labute approximate surface area is 150 Å². The number of hydrogen-bond donors (Lipinski definition) is 2. The number of piperidine rings is 1. The molecule has 3 N–H and O–H groups in total. The molecule has 0 radical (unpaired) electrons. The Morgan fingerprint density at radius 2 is 2.15 bits per heavy atom. The summed E-state index contributed by atoms with van der Waals surface area (Å²) in [5, 5.41) is 11.3. The number of hydrogen-bond acceptors (Lipinski definition) is 7. The highest BCUT2D eigenvalue weighted by molar-refractivity contribution is 7.89. The topological polar surface area (TPSA) is 131 Å². The van der Waals surface area contributed by atoms with Gasteiger partial charge in [-0.15, -0.1) is 0 Å². The summed E-state index contributed by atoms with van der Waals surface area (Å²) in [4.78, 5) is 4.73. The fraction of sp³-hybridized carbons (Fsp3) is 0.438. The zero-order valence-corrected chi connectivity index (χ0v) is 15.4. The van der Waals surface area contributed by atoms with E-state index in [0.717, 1.165) is 23.9 Å².